The van der Waals surface area contributed by atoms with E-state index in [1.54, 1.807) is 13.0 Å². The first kappa shape index (κ1) is 7.88. The smallest absolute Gasteiger partial charge is 0.121 e. The van der Waals surface area contributed by atoms with Gasteiger partial charge in [0.05, 0.1) is 11.4 Å². The number of aliphatic hydroxyl groups excluding tert-OH is 1. The molecule has 0 spiro atoms. The Morgan fingerprint density at radius 2 is 2.09 bits per heavy atom. The van der Waals surface area contributed by atoms with Gasteiger partial charge < -0.3 is 16.2 Å². The van der Waals surface area contributed by atoms with Crippen LogP contribution < -0.4 is 11.1 Å². The van der Waals surface area contributed by atoms with E-state index in [2.05, 4.69) is 5.32 Å². The zero-order chi connectivity index (χ0) is 8.27. The maximum atomic E-state index is 8.96. The van der Waals surface area contributed by atoms with Crippen LogP contribution in [0, 0.1) is 0 Å². The van der Waals surface area contributed by atoms with Gasteiger partial charge in [-0.1, -0.05) is 12.1 Å². The van der Waals surface area contributed by atoms with Gasteiger partial charge in [-0.05, 0) is 19.1 Å². The fourth-order valence-electron chi connectivity index (χ4n) is 0.853. The van der Waals surface area contributed by atoms with Gasteiger partial charge in [0, 0.05) is 0 Å². The zero-order valence-corrected chi connectivity index (χ0v) is 6.41. The van der Waals surface area contributed by atoms with Crippen molar-refractivity contribution in [2.75, 3.05) is 11.1 Å². The first-order chi connectivity index (χ1) is 5.20. The van der Waals surface area contributed by atoms with Gasteiger partial charge in [0.15, 0.2) is 0 Å². The van der Waals surface area contributed by atoms with E-state index in [1.807, 2.05) is 18.2 Å². The predicted molar refractivity (Wildman–Crippen MR) is 46.2 cm³/mol. The second kappa shape index (κ2) is 3.25. The molecule has 4 N–H and O–H groups in total. The molecule has 0 aromatic heterocycles. The number of benzene rings is 1. The van der Waals surface area contributed by atoms with E-state index in [9.17, 15) is 0 Å². The second-order valence-electron chi connectivity index (χ2n) is 2.41. The molecular weight excluding hydrogens is 140 g/mol. The van der Waals surface area contributed by atoms with Gasteiger partial charge in [-0.3, -0.25) is 0 Å². The first-order valence-electron chi connectivity index (χ1n) is 3.49. The minimum absolute atomic E-state index is 0.570. The summed E-state index contributed by atoms with van der Waals surface area (Å²) in [5.74, 6) is 0. The molecule has 0 bridgehead atoms. The zero-order valence-electron chi connectivity index (χ0n) is 6.41. The lowest BCUT2D eigenvalue weighted by atomic mass is 10.3. The lowest BCUT2D eigenvalue weighted by Crippen LogP contribution is -2.14. The Labute approximate surface area is 65.8 Å². The van der Waals surface area contributed by atoms with Crippen LogP contribution in [0.2, 0.25) is 0 Å². The molecule has 0 heterocycles. The van der Waals surface area contributed by atoms with Crippen molar-refractivity contribution >= 4 is 11.4 Å². The summed E-state index contributed by atoms with van der Waals surface area (Å²) >= 11 is 0. The van der Waals surface area contributed by atoms with Crippen molar-refractivity contribution in [2.45, 2.75) is 13.2 Å². The molecule has 0 saturated carbocycles. The fraction of sp³-hybridized carbons (Fsp3) is 0.250. The molecule has 0 aliphatic rings. The van der Waals surface area contributed by atoms with Gasteiger partial charge in [0.2, 0.25) is 0 Å². The monoisotopic (exact) mass is 152 g/mol. The Hall–Kier alpha value is -1.22. The largest absolute Gasteiger partial charge is 0.397 e. The number of nitrogens with one attached hydrogen (secondary N) is 1. The lowest BCUT2D eigenvalue weighted by molar-refractivity contribution is 0.224. The van der Waals surface area contributed by atoms with Gasteiger partial charge in [-0.2, -0.15) is 0 Å². The van der Waals surface area contributed by atoms with Gasteiger partial charge in [-0.25, -0.2) is 0 Å². The third kappa shape index (κ3) is 2.13. The Kier molecular flexibility index (Phi) is 2.33. The van der Waals surface area contributed by atoms with E-state index in [1.165, 1.54) is 0 Å². The lowest BCUT2D eigenvalue weighted by Gasteiger charge is -2.10. The van der Waals surface area contributed by atoms with E-state index in [4.69, 9.17) is 10.8 Å². The molecule has 1 unspecified atom stereocenters. The molecule has 0 saturated heterocycles. The molecule has 0 aliphatic carbocycles. The third-order valence-electron chi connectivity index (χ3n) is 1.33. The maximum absolute atomic E-state index is 8.96. The number of rotatable bonds is 2. The van der Waals surface area contributed by atoms with Crippen LogP contribution in [0.1, 0.15) is 6.92 Å². The minimum Gasteiger partial charge on any atom is -0.397 e. The van der Waals surface area contributed by atoms with Crippen LogP contribution >= 0.6 is 0 Å². The molecule has 60 valence electrons. The van der Waals surface area contributed by atoms with E-state index < -0.39 is 6.23 Å². The van der Waals surface area contributed by atoms with Crippen molar-refractivity contribution in [2.24, 2.45) is 0 Å². The quantitative estimate of drug-likeness (QED) is 0.438. The Morgan fingerprint density at radius 3 is 2.64 bits per heavy atom. The molecule has 0 aliphatic heterocycles. The summed E-state index contributed by atoms with van der Waals surface area (Å²) in [7, 11) is 0. The minimum atomic E-state index is -0.570. The van der Waals surface area contributed by atoms with Crippen LogP contribution in [0.5, 0.6) is 0 Å². The highest BCUT2D eigenvalue weighted by molar-refractivity contribution is 5.65. The second-order valence-corrected chi connectivity index (χ2v) is 2.41. The van der Waals surface area contributed by atoms with Crippen LogP contribution in [0.4, 0.5) is 11.4 Å². The molecule has 1 atom stereocenters. The highest BCUT2D eigenvalue weighted by atomic mass is 16.3. The average Bonchev–Trinajstić information content (AvgIpc) is 1.93. The molecule has 0 fully saturated rings. The number of anilines is 2. The SMILES string of the molecule is CC(O)Nc1ccccc1N. The summed E-state index contributed by atoms with van der Waals surface area (Å²) in [6.45, 7) is 1.65. The summed E-state index contributed by atoms with van der Waals surface area (Å²) in [5.41, 5.74) is 7.01. The molecule has 3 nitrogen and oxygen atoms in total. The van der Waals surface area contributed by atoms with Crippen molar-refractivity contribution < 1.29 is 5.11 Å². The predicted octanol–water partition coefficient (Wildman–Crippen LogP) is 1.02. The van der Waals surface area contributed by atoms with Gasteiger partial charge in [0.1, 0.15) is 6.23 Å². The number of hydrogen-bond acceptors (Lipinski definition) is 3. The van der Waals surface area contributed by atoms with Crippen LogP contribution in [-0.4, -0.2) is 11.3 Å². The van der Waals surface area contributed by atoms with Crippen molar-refractivity contribution in [3.8, 4) is 0 Å². The number of hydrogen-bond donors (Lipinski definition) is 3. The summed E-state index contributed by atoms with van der Waals surface area (Å²) in [4.78, 5) is 0. The molecule has 3 heteroatoms. The fourth-order valence-corrected chi connectivity index (χ4v) is 0.853. The number of aliphatic hydroxyl groups is 1. The standard InChI is InChI=1S/C8H12N2O/c1-6(11)10-8-5-3-2-4-7(8)9/h2-6,10-11H,9H2,1H3. The summed E-state index contributed by atoms with van der Waals surface area (Å²) in [5, 5.41) is 11.8. The van der Waals surface area contributed by atoms with Crippen molar-refractivity contribution in [1.82, 2.24) is 0 Å². The van der Waals surface area contributed by atoms with Gasteiger partial charge >= 0.3 is 0 Å². The highest BCUT2D eigenvalue weighted by Crippen LogP contribution is 2.16. The van der Waals surface area contributed by atoms with Crippen molar-refractivity contribution in [3.05, 3.63) is 24.3 Å². The Balaban J connectivity index is 2.78. The van der Waals surface area contributed by atoms with Crippen molar-refractivity contribution in [1.29, 1.82) is 0 Å². The van der Waals surface area contributed by atoms with E-state index in [-0.39, 0.29) is 0 Å². The van der Waals surface area contributed by atoms with Crippen molar-refractivity contribution in [3.63, 3.8) is 0 Å². The van der Waals surface area contributed by atoms with E-state index in [0.29, 0.717) is 5.69 Å². The Bertz CT molecular complexity index is 235. The number of nitrogen functional groups attached to an aromatic ring is 1. The van der Waals surface area contributed by atoms with E-state index >= 15 is 0 Å². The van der Waals surface area contributed by atoms with Crippen LogP contribution in [0.3, 0.4) is 0 Å². The normalized spacial score (nSPS) is 12.5. The summed E-state index contributed by atoms with van der Waals surface area (Å²) in [6.07, 6.45) is -0.570. The van der Waals surface area contributed by atoms with E-state index in [0.717, 1.165) is 5.69 Å². The Morgan fingerprint density at radius 1 is 1.45 bits per heavy atom. The molecule has 11 heavy (non-hydrogen) atoms. The summed E-state index contributed by atoms with van der Waals surface area (Å²) < 4.78 is 0. The average molecular weight is 152 g/mol. The first-order valence-corrected chi connectivity index (χ1v) is 3.49. The molecule has 1 aromatic rings. The molecular formula is C8H12N2O. The highest BCUT2D eigenvalue weighted by Gasteiger charge is 1.97. The van der Waals surface area contributed by atoms with Gasteiger partial charge in [0.25, 0.3) is 0 Å². The number of para-hydroxylation sites is 2. The van der Waals surface area contributed by atoms with Gasteiger partial charge in [-0.15, -0.1) is 0 Å². The summed E-state index contributed by atoms with van der Waals surface area (Å²) in [6, 6.07) is 7.32. The molecule has 0 radical (unpaired) electrons. The van der Waals surface area contributed by atoms with Crippen LogP contribution in [0.25, 0.3) is 0 Å². The molecule has 0 amide bonds. The topological polar surface area (TPSA) is 58.3 Å². The van der Waals surface area contributed by atoms with Crippen LogP contribution in [-0.2, 0) is 0 Å². The molecule has 1 rings (SSSR count). The maximum Gasteiger partial charge on any atom is 0.121 e. The molecule has 1 aromatic carbocycles. The van der Waals surface area contributed by atoms with Crippen LogP contribution in [0.15, 0.2) is 24.3 Å². The third-order valence-corrected chi connectivity index (χ3v) is 1.33. The number of nitrogens with two attached hydrogens (primary N) is 1.